The van der Waals surface area contributed by atoms with Gasteiger partial charge in [0.2, 0.25) is 0 Å². The first kappa shape index (κ1) is 24.9. The molecule has 0 aliphatic rings. The number of ether oxygens (including phenoxy) is 1. The number of carbonyl (C=O) groups is 1. The fourth-order valence-electron chi connectivity index (χ4n) is 3.70. The number of aliphatic hydroxyl groups is 1. The number of hydrogen-bond acceptors (Lipinski definition) is 7. The van der Waals surface area contributed by atoms with Gasteiger partial charge in [-0.2, -0.15) is 0 Å². The number of nitrogens with zero attached hydrogens (tertiary/aromatic N) is 2. The minimum absolute atomic E-state index is 0.0443. The summed E-state index contributed by atoms with van der Waals surface area (Å²) in [7, 11) is 1.68. The van der Waals surface area contributed by atoms with Crippen LogP contribution >= 0.6 is 11.3 Å². The second-order valence-electron chi connectivity index (χ2n) is 9.07. The molecule has 3 aromatic rings. The Hall–Kier alpha value is -2.78. The van der Waals surface area contributed by atoms with E-state index in [4.69, 9.17) is 10.5 Å². The SMILES string of the molecule is CN(CC(O)(c1ccccc1-c1nccs1)C(N)Cc1ccccc1)NC(=O)OC(C)(C)C. The highest BCUT2D eigenvalue weighted by molar-refractivity contribution is 7.13. The van der Waals surface area contributed by atoms with Crippen molar-refractivity contribution in [3.8, 4) is 10.6 Å². The van der Waals surface area contributed by atoms with E-state index in [-0.39, 0.29) is 6.54 Å². The molecular weight excluding hydrogens is 436 g/mol. The van der Waals surface area contributed by atoms with Gasteiger partial charge in [0.25, 0.3) is 0 Å². The van der Waals surface area contributed by atoms with Crippen LogP contribution in [-0.2, 0) is 16.8 Å². The van der Waals surface area contributed by atoms with Gasteiger partial charge in [-0.1, -0.05) is 54.6 Å². The molecule has 3 rings (SSSR count). The van der Waals surface area contributed by atoms with E-state index in [1.165, 1.54) is 16.3 Å². The Labute approximate surface area is 199 Å². The number of likely N-dealkylation sites (N-methyl/N-ethyl adjacent to an activating group) is 1. The largest absolute Gasteiger partial charge is 0.443 e. The van der Waals surface area contributed by atoms with Crippen LogP contribution in [0.3, 0.4) is 0 Å². The van der Waals surface area contributed by atoms with Crippen molar-refractivity contribution in [2.24, 2.45) is 5.73 Å². The Balaban J connectivity index is 1.94. The average Bonchev–Trinajstić information content (AvgIpc) is 3.27. The molecule has 33 heavy (non-hydrogen) atoms. The highest BCUT2D eigenvalue weighted by Crippen LogP contribution is 2.36. The van der Waals surface area contributed by atoms with Gasteiger partial charge in [0, 0.05) is 30.2 Å². The maximum Gasteiger partial charge on any atom is 0.422 e. The summed E-state index contributed by atoms with van der Waals surface area (Å²) in [6, 6.07) is 16.7. The summed E-state index contributed by atoms with van der Waals surface area (Å²) >= 11 is 1.49. The van der Waals surface area contributed by atoms with Crippen molar-refractivity contribution in [1.29, 1.82) is 0 Å². The monoisotopic (exact) mass is 468 g/mol. The third-order valence-electron chi connectivity index (χ3n) is 5.13. The Kier molecular flexibility index (Phi) is 7.86. The molecular formula is C25H32N4O3S. The molecule has 0 saturated carbocycles. The second-order valence-corrected chi connectivity index (χ2v) is 9.97. The van der Waals surface area contributed by atoms with Crippen LogP contribution in [-0.4, -0.2) is 46.4 Å². The van der Waals surface area contributed by atoms with Crippen molar-refractivity contribution in [3.63, 3.8) is 0 Å². The molecule has 1 aromatic heterocycles. The van der Waals surface area contributed by atoms with E-state index in [1.54, 1.807) is 34.0 Å². The fraction of sp³-hybridized carbons (Fsp3) is 0.360. The van der Waals surface area contributed by atoms with Crippen molar-refractivity contribution in [2.75, 3.05) is 13.6 Å². The van der Waals surface area contributed by atoms with Gasteiger partial charge in [-0.05, 0) is 38.3 Å². The molecule has 2 unspecified atom stereocenters. The molecule has 8 heteroatoms. The molecule has 0 fully saturated rings. The molecule has 2 atom stereocenters. The predicted molar refractivity (Wildman–Crippen MR) is 132 cm³/mol. The van der Waals surface area contributed by atoms with E-state index in [1.807, 2.05) is 60.0 Å². The Morgan fingerprint density at radius 2 is 1.85 bits per heavy atom. The van der Waals surface area contributed by atoms with Crippen LogP contribution in [0, 0.1) is 0 Å². The number of benzene rings is 2. The molecule has 0 aliphatic carbocycles. The molecule has 0 aliphatic heterocycles. The first-order chi connectivity index (χ1) is 15.6. The normalized spacial score (nSPS) is 14.5. The van der Waals surface area contributed by atoms with Gasteiger partial charge in [-0.3, -0.25) is 5.43 Å². The fourth-order valence-corrected chi connectivity index (χ4v) is 4.38. The zero-order chi connectivity index (χ0) is 24.1. The molecule has 176 valence electrons. The summed E-state index contributed by atoms with van der Waals surface area (Å²) in [5.41, 5.74) is 9.70. The molecule has 7 nitrogen and oxygen atoms in total. The lowest BCUT2D eigenvalue weighted by Gasteiger charge is -2.38. The molecule has 0 spiro atoms. The summed E-state index contributed by atoms with van der Waals surface area (Å²) in [6.45, 7) is 5.43. The topological polar surface area (TPSA) is 101 Å². The second kappa shape index (κ2) is 10.4. The number of amides is 1. The van der Waals surface area contributed by atoms with Crippen LogP contribution < -0.4 is 11.2 Å². The highest BCUT2D eigenvalue weighted by atomic mass is 32.1. The third-order valence-corrected chi connectivity index (χ3v) is 5.93. The van der Waals surface area contributed by atoms with Crippen LogP contribution in [0.4, 0.5) is 4.79 Å². The van der Waals surface area contributed by atoms with Gasteiger partial charge in [-0.15, -0.1) is 11.3 Å². The predicted octanol–water partition coefficient (Wildman–Crippen LogP) is 3.94. The van der Waals surface area contributed by atoms with Crippen LogP contribution in [0.2, 0.25) is 0 Å². The summed E-state index contributed by atoms with van der Waals surface area (Å²) in [4.78, 5) is 16.7. The maximum atomic E-state index is 12.3. The van der Waals surface area contributed by atoms with Crippen molar-refractivity contribution in [2.45, 2.75) is 44.4 Å². The van der Waals surface area contributed by atoms with E-state index < -0.39 is 23.3 Å². The Morgan fingerprint density at radius 3 is 2.48 bits per heavy atom. The number of hydrogen-bond donors (Lipinski definition) is 3. The van der Waals surface area contributed by atoms with Crippen LogP contribution in [0.5, 0.6) is 0 Å². The van der Waals surface area contributed by atoms with Crippen LogP contribution in [0.25, 0.3) is 10.6 Å². The maximum absolute atomic E-state index is 12.3. The first-order valence-corrected chi connectivity index (χ1v) is 11.7. The summed E-state index contributed by atoms with van der Waals surface area (Å²) in [6.07, 6.45) is 1.58. The van der Waals surface area contributed by atoms with Gasteiger partial charge >= 0.3 is 6.09 Å². The van der Waals surface area contributed by atoms with Crippen molar-refractivity contribution >= 4 is 17.4 Å². The zero-order valence-corrected chi connectivity index (χ0v) is 20.3. The number of nitrogens with two attached hydrogens (primary N) is 1. The van der Waals surface area contributed by atoms with E-state index in [2.05, 4.69) is 10.4 Å². The highest BCUT2D eigenvalue weighted by Gasteiger charge is 2.40. The van der Waals surface area contributed by atoms with E-state index in [0.29, 0.717) is 12.0 Å². The summed E-state index contributed by atoms with van der Waals surface area (Å²) in [5.74, 6) is 0. The molecule has 4 N–H and O–H groups in total. The van der Waals surface area contributed by atoms with E-state index in [0.717, 1.165) is 16.1 Å². The van der Waals surface area contributed by atoms with E-state index in [9.17, 15) is 9.90 Å². The van der Waals surface area contributed by atoms with Crippen molar-refractivity contribution in [3.05, 3.63) is 77.3 Å². The van der Waals surface area contributed by atoms with Gasteiger partial charge in [0.1, 0.15) is 16.2 Å². The van der Waals surface area contributed by atoms with Crippen LogP contribution in [0.15, 0.2) is 66.2 Å². The van der Waals surface area contributed by atoms with Gasteiger partial charge in [0.05, 0.1) is 6.54 Å². The number of carbonyl (C=O) groups excluding carboxylic acids is 1. The van der Waals surface area contributed by atoms with E-state index >= 15 is 0 Å². The summed E-state index contributed by atoms with van der Waals surface area (Å²) in [5, 5.41) is 16.3. The van der Waals surface area contributed by atoms with Gasteiger partial charge < -0.3 is 15.6 Å². The quantitative estimate of drug-likeness (QED) is 0.433. The molecule has 0 saturated heterocycles. The number of nitrogens with one attached hydrogen (secondary N) is 1. The zero-order valence-electron chi connectivity index (χ0n) is 19.5. The number of rotatable bonds is 8. The van der Waals surface area contributed by atoms with Gasteiger partial charge in [-0.25, -0.2) is 14.8 Å². The number of hydrazine groups is 1. The molecule has 0 radical (unpaired) electrons. The third kappa shape index (κ3) is 6.61. The average molecular weight is 469 g/mol. The minimum Gasteiger partial charge on any atom is -0.443 e. The minimum atomic E-state index is -1.50. The van der Waals surface area contributed by atoms with Crippen molar-refractivity contribution < 1.29 is 14.6 Å². The lowest BCUT2D eigenvalue weighted by atomic mass is 9.81. The lowest BCUT2D eigenvalue weighted by Crippen LogP contribution is -2.56. The number of thiazole rings is 1. The van der Waals surface area contributed by atoms with Crippen LogP contribution in [0.1, 0.15) is 31.9 Å². The Bertz CT molecular complexity index is 1040. The van der Waals surface area contributed by atoms with Crippen molar-refractivity contribution in [1.82, 2.24) is 15.4 Å². The molecule has 0 bridgehead atoms. The first-order valence-electron chi connectivity index (χ1n) is 10.8. The molecule has 1 heterocycles. The molecule has 2 aromatic carbocycles. The Morgan fingerprint density at radius 1 is 1.18 bits per heavy atom. The number of aromatic nitrogens is 1. The lowest BCUT2D eigenvalue weighted by molar-refractivity contribution is -0.0325. The van der Waals surface area contributed by atoms with Gasteiger partial charge in [0.15, 0.2) is 0 Å². The smallest absolute Gasteiger partial charge is 0.422 e. The molecule has 1 amide bonds. The summed E-state index contributed by atoms with van der Waals surface area (Å²) < 4.78 is 5.35. The standard InChI is InChI=1S/C25H32N4O3S/c1-24(2,3)32-23(30)28-29(4)17-25(31,21(26)16-18-10-6-5-7-11-18)20-13-9-8-12-19(20)22-27-14-15-33-22/h5-15,21,31H,16-17,26H2,1-4H3,(H,28,30).